The van der Waals surface area contributed by atoms with Crippen molar-refractivity contribution in [1.29, 1.82) is 0 Å². The van der Waals surface area contributed by atoms with Gasteiger partial charge in [0.2, 0.25) is 0 Å². The molecule has 80 valence electrons. The third-order valence-electron chi connectivity index (χ3n) is 2.27. The second-order valence-corrected chi connectivity index (χ2v) is 4.78. The molecule has 0 amide bonds. The number of halogens is 1. The largest absolute Gasteiger partial charge is 0.396 e. The Hall–Kier alpha value is -0.680. The van der Waals surface area contributed by atoms with Crippen LogP contribution in [-0.2, 0) is 0 Å². The molecular formula is C10H11ClN2OS. The van der Waals surface area contributed by atoms with Crippen molar-refractivity contribution in [2.45, 2.75) is 5.92 Å². The summed E-state index contributed by atoms with van der Waals surface area (Å²) in [4.78, 5) is 5.26. The van der Waals surface area contributed by atoms with Crippen LogP contribution in [0.1, 0.15) is 10.8 Å². The van der Waals surface area contributed by atoms with E-state index in [9.17, 15) is 0 Å². The van der Waals surface area contributed by atoms with E-state index in [1.807, 2.05) is 12.1 Å². The Labute approximate surface area is 96.5 Å². The van der Waals surface area contributed by atoms with Crippen LogP contribution in [0.25, 0.3) is 10.2 Å². The van der Waals surface area contributed by atoms with Crippen molar-refractivity contribution in [3.05, 3.63) is 28.2 Å². The van der Waals surface area contributed by atoms with Crippen LogP contribution in [0.5, 0.6) is 0 Å². The minimum atomic E-state index is 0.00276. The smallest absolute Gasteiger partial charge is 0.129 e. The summed E-state index contributed by atoms with van der Waals surface area (Å²) in [5.74, 6) is 0.00276. The molecule has 1 unspecified atom stereocenters. The zero-order valence-electron chi connectivity index (χ0n) is 7.98. The average Bonchev–Trinajstić information content (AvgIpc) is 2.62. The molecule has 5 heteroatoms. The fourth-order valence-corrected chi connectivity index (χ4v) is 2.66. The highest BCUT2D eigenvalue weighted by Gasteiger charge is 2.12. The lowest BCUT2D eigenvalue weighted by atomic mass is 10.1. The first-order valence-electron chi connectivity index (χ1n) is 4.61. The fraction of sp³-hybridized carbons (Fsp3) is 0.300. The van der Waals surface area contributed by atoms with Crippen molar-refractivity contribution < 1.29 is 5.11 Å². The summed E-state index contributed by atoms with van der Waals surface area (Å²) in [5, 5.41) is 9.63. The minimum Gasteiger partial charge on any atom is -0.396 e. The molecule has 0 aromatic carbocycles. The van der Waals surface area contributed by atoms with Crippen LogP contribution in [0.4, 0.5) is 0 Å². The highest BCUT2D eigenvalue weighted by atomic mass is 35.5. The van der Waals surface area contributed by atoms with Gasteiger partial charge in [-0.3, -0.25) is 0 Å². The Bertz CT molecular complexity index is 467. The quantitative estimate of drug-likeness (QED) is 0.810. The molecule has 0 aliphatic heterocycles. The highest BCUT2D eigenvalue weighted by Crippen LogP contribution is 2.30. The monoisotopic (exact) mass is 242 g/mol. The molecule has 3 N–H and O–H groups in total. The summed E-state index contributed by atoms with van der Waals surface area (Å²) in [6.07, 6.45) is 0. The molecule has 2 rings (SSSR count). The van der Waals surface area contributed by atoms with E-state index in [-0.39, 0.29) is 12.5 Å². The number of aromatic nitrogens is 1. The van der Waals surface area contributed by atoms with E-state index in [2.05, 4.69) is 4.98 Å². The minimum absolute atomic E-state index is 0.00276. The molecule has 0 aliphatic rings. The Kier molecular flexibility index (Phi) is 3.21. The van der Waals surface area contributed by atoms with E-state index in [0.717, 1.165) is 15.1 Å². The topological polar surface area (TPSA) is 59.1 Å². The lowest BCUT2D eigenvalue weighted by Crippen LogP contribution is -2.14. The first-order valence-corrected chi connectivity index (χ1v) is 5.81. The van der Waals surface area contributed by atoms with Crippen LogP contribution in [-0.4, -0.2) is 23.2 Å². The van der Waals surface area contributed by atoms with E-state index in [0.29, 0.717) is 11.7 Å². The first kappa shape index (κ1) is 10.8. The number of aliphatic hydroxyl groups is 1. The predicted octanol–water partition coefficient (Wildman–Crippen LogP) is 1.98. The molecule has 2 aromatic rings. The SMILES string of the molecule is NCC(CO)c1cc2nc(Cl)ccc2s1. The van der Waals surface area contributed by atoms with Crippen LogP contribution in [0.2, 0.25) is 5.15 Å². The van der Waals surface area contributed by atoms with Gasteiger partial charge >= 0.3 is 0 Å². The molecular weight excluding hydrogens is 232 g/mol. The van der Waals surface area contributed by atoms with E-state index in [4.69, 9.17) is 22.4 Å². The Balaban J connectivity index is 2.46. The van der Waals surface area contributed by atoms with Crippen molar-refractivity contribution in [3.63, 3.8) is 0 Å². The van der Waals surface area contributed by atoms with Gasteiger partial charge in [0.05, 0.1) is 16.8 Å². The van der Waals surface area contributed by atoms with E-state index in [1.165, 1.54) is 0 Å². The zero-order valence-corrected chi connectivity index (χ0v) is 9.55. The van der Waals surface area contributed by atoms with Gasteiger partial charge in [0.25, 0.3) is 0 Å². The molecule has 2 aromatic heterocycles. The summed E-state index contributed by atoms with van der Waals surface area (Å²) < 4.78 is 1.07. The number of rotatable bonds is 3. The van der Waals surface area contributed by atoms with Crippen LogP contribution in [0.15, 0.2) is 18.2 Å². The van der Waals surface area contributed by atoms with Crippen LogP contribution >= 0.6 is 22.9 Å². The molecule has 0 aliphatic carbocycles. The Morgan fingerprint density at radius 1 is 1.53 bits per heavy atom. The Morgan fingerprint density at radius 2 is 2.33 bits per heavy atom. The summed E-state index contributed by atoms with van der Waals surface area (Å²) in [6.45, 7) is 0.508. The summed E-state index contributed by atoms with van der Waals surface area (Å²) in [6, 6.07) is 5.64. The summed E-state index contributed by atoms with van der Waals surface area (Å²) in [7, 11) is 0. The number of fused-ring (bicyclic) bond motifs is 1. The van der Waals surface area contributed by atoms with Gasteiger partial charge in [0.15, 0.2) is 0 Å². The van der Waals surface area contributed by atoms with Crippen molar-refractivity contribution in [3.8, 4) is 0 Å². The van der Waals surface area contributed by atoms with Gasteiger partial charge in [-0.1, -0.05) is 11.6 Å². The van der Waals surface area contributed by atoms with Gasteiger partial charge in [-0.15, -0.1) is 11.3 Å². The van der Waals surface area contributed by atoms with Gasteiger partial charge in [0, 0.05) is 17.3 Å². The van der Waals surface area contributed by atoms with Gasteiger partial charge < -0.3 is 10.8 Å². The maximum atomic E-state index is 9.14. The number of hydrogen-bond acceptors (Lipinski definition) is 4. The second kappa shape index (κ2) is 4.45. The maximum Gasteiger partial charge on any atom is 0.129 e. The standard InChI is InChI=1S/C10H11ClN2OS/c11-10-2-1-8-7(13-10)3-9(15-8)6(4-12)5-14/h1-3,6,14H,4-5,12H2. The van der Waals surface area contributed by atoms with Crippen molar-refractivity contribution in [2.75, 3.05) is 13.2 Å². The van der Waals surface area contributed by atoms with Gasteiger partial charge in [-0.25, -0.2) is 4.98 Å². The van der Waals surface area contributed by atoms with E-state index >= 15 is 0 Å². The van der Waals surface area contributed by atoms with Gasteiger partial charge in [0.1, 0.15) is 5.15 Å². The van der Waals surface area contributed by atoms with Gasteiger partial charge in [-0.05, 0) is 18.2 Å². The number of aliphatic hydroxyl groups excluding tert-OH is 1. The maximum absolute atomic E-state index is 9.14. The second-order valence-electron chi connectivity index (χ2n) is 3.28. The molecule has 0 radical (unpaired) electrons. The summed E-state index contributed by atoms with van der Waals surface area (Å²) in [5.41, 5.74) is 6.44. The normalized spacial score (nSPS) is 13.3. The summed E-state index contributed by atoms with van der Waals surface area (Å²) >= 11 is 7.40. The predicted molar refractivity (Wildman–Crippen MR) is 63.5 cm³/mol. The van der Waals surface area contributed by atoms with Crippen LogP contribution in [0.3, 0.4) is 0 Å². The lowest BCUT2D eigenvalue weighted by molar-refractivity contribution is 0.269. The molecule has 0 spiro atoms. The van der Waals surface area contributed by atoms with Crippen LogP contribution in [0, 0.1) is 0 Å². The van der Waals surface area contributed by atoms with Crippen molar-refractivity contribution in [2.24, 2.45) is 5.73 Å². The Morgan fingerprint density at radius 3 is 3.00 bits per heavy atom. The highest BCUT2D eigenvalue weighted by molar-refractivity contribution is 7.19. The average molecular weight is 243 g/mol. The molecule has 15 heavy (non-hydrogen) atoms. The van der Waals surface area contributed by atoms with E-state index < -0.39 is 0 Å². The molecule has 1 atom stereocenters. The first-order chi connectivity index (χ1) is 7.24. The molecule has 2 heterocycles. The number of thiophene rings is 1. The number of nitrogens with zero attached hydrogens (tertiary/aromatic N) is 1. The fourth-order valence-electron chi connectivity index (χ4n) is 1.40. The number of pyridine rings is 1. The van der Waals surface area contributed by atoms with Crippen molar-refractivity contribution >= 4 is 33.2 Å². The number of hydrogen-bond donors (Lipinski definition) is 2. The lowest BCUT2D eigenvalue weighted by Gasteiger charge is -2.06. The number of nitrogens with two attached hydrogens (primary N) is 1. The molecule has 0 saturated heterocycles. The van der Waals surface area contributed by atoms with Crippen LogP contribution < -0.4 is 5.73 Å². The molecule has 0 bridgehead atoms. The molecule has 3 nitrogen and oxygen atoms in total. The third-order valence-corrected chi connectivity index (χ3v) is 3.73. The molecule has 0 saturated carbocycles. The zero-order chi connectivity index (χ0) is 10.8. The molecule has 0 fully saturated rings. The third kappa shape index (κ3) is 2.13. The van der Waals surface area contributed by atoms with E-state index in [1.54, 1.807) is 17.4 Å². The van der Waals surface area contributed by atoms with Crippen molar-refractivity contribution in [1.82, 2.24) is 4.98 Å². The van der Waals surface area contributed by atoms with Gasteiger partial charge in [-0.2, -0.15) is 0 Å².